The van der Waals surface area contributed by atoms with Crippen LogP contribution in [-0.2, 0) is 9.53 Å². The van der Waals surface area contributed by atoms with Crippen LogP contribution in [0.1, 0.15) is 27.2 Å². The summed E-state index contributed by atoms with van der Waals surface area (Å²) in [5.41, 5.74) is 1.47. The normalized spacial score (nSPS) is 17.0. The number of anilines is 2. The van der Waals surface area contributed by atoms with Crippen LogP contribution in [0.2, 0.25) is 0 Å². The number of aliphatic hydroxyl groups is 1. The van der Waals surface area contributed by atoms with Gasteiger partial charge in [0.2, 0.25) is 5.91 Å². The van der Waals surface area contributed by atoms with Gasteiger partial charge in [-0.2, -0.15) is 0 Å². The first-order chi connectivity index (χ1) is 9.85. The molecule has 1 aromatic rings. The highest BCUT2D eigenvalue weighted by atomic mass is 16.5. The van der Waals surface area contributed by atoms with Crippen molar-refractivity contribution in [2.75, 3.05) is 29.9 Å². The molecule has 1 aromatic carbocycles. The third kappa shape index (κ3) is 4.72. The van der Waals surface area contributed by atoms with Gasteiger partial charge in [-0.05, 0) is 32.9 Å². The van der Waals surface area contributed by atoms with Crippen LogP contribution in [0.25, 0.3) is 0 Å². The molecule has 2 N–H and O–H groups in total. The number of carbonyl (C=O) groups excluding carboxylic acids is 1. The topological polar surface area (TPSA) is 61.8 Å². The molecule has 1 heterocycles. The Morgan fingerprint density at radius 1 is 1.38 bits per heavy atom. The highest BCUT2D eigenvalue weighted by Gasteiger charge is 2.22. The van der Waals surface area contributed by atoms with E-state index in [4.69, 9.17) is 4.74 Å². The molecule has 0 saturated carbocycles. The second kappa shape index (κ2) is 6.45. The fourth-order valence-corrected chi connectivity index (χ4v) is 2.27. The molecular weight excluding hydrogens is 268 g/mol. The molecule has 0 aliphatic carbocycles. The number of β-amino-alcohol motifs (C(OH)–C–C–N with tert-alkyl or cyclic N) is 1. The number of para-hydroxylation sites is 2. The maximum absolute atomic E-state index is 11.7. The quantitative estimate of drug-likeness (QED) is 0.891. The molecule has 0 bridgehead atoms. The van der Waals surface area contributed by atoms with Crippen LogP contribution >= 0.6 is 0 Å². The number of ether oxygens (including phenoxy) is 1. The molecule has 1 atom stereocenters. The number of hydrogen-bond acceptors (Lipinski definition) is 4. The lowest BCUT2D eigenvalue weighted by atomic mass is 10.2. The lowest BCUT2D eigenvalue weighted by Crippen LogP contribution is -2.37. The Balaban J connectivity index is 2.04. The van der Waals surface area contributed by atoms with E-state index >= 15 is 0 Å². The van der Waals surface area contributed by atoms with Crippen molar-refractivity contribution in [1.29, 1.82) is 0 Å². The Bertz CT molecular complexity index is 497. The van der Waals surface area contributed by atoms with Crippen LogP contribution in [-0.4, -0.2) is 42.4 Å². The number of hydrogen-bond donors (Lipinski definition) is 2. The van der Waals surface area contributed by atoms with Crippen molar-refractivity contribution in [3.05, 3.63) is 24.3 Å². The van der Waals surface area contributed by atoms with Crippen molar-refractivity contribution in [3.8, 4) is 0 Å². The lowest BCUT2D eigenvalue weighted by molar-refractivity contribution is -0.116. The van der Waals surface area contributed by atoms with Gasteiger partial charge in [-0.1, -0.05) is 12.1 Å². The van der Waals surface area contributed by atoms with Crippen molar-refractivity contribution < 1.29 is 14.6 Å². The minimum atomic E-state index is -0.592. The molecule has 1 amide bonds. The first-order valence-electron chi connectivity index (χ1n) is 7.31. The average molecular weight is 292 g/mol. The molecule has 5 heteroatoms. The van der Waals surface area contributed by atoms with E-state index in [0.717, 1.165) is 11.4 Å². The number of fused-ring (bicyclic) bond motifs is 1. The molecule has 21 heavy (non-hydrogen) atoms. The van der Waals surface area contributed by atoms with Crippen molar-refractivity contribution in [3.63, 3.8) is 0 Å². The van der Waals surface area contributed by atoms with E-state index in [9.17, 15) is 9.90 Å². The first kappa shape index (κ1) is 15.8. The van der Waals surface area contributed by atoms with Crippen molar-refractivity contribution in [2.45, 2.75) is 38.9 Å². The molecule has 116 valence electrons. The summed E-state index contributed by atoms with van der Waals surface area (Å²) in [4.78, 5) is 13.7. The molecule has 1 aliphatic heterocycles. The van der Waals surface area contributed by atoms with E-state index in [0.29, 0.717) is 19.5 Å². The molecule has 0 saturated heterocycles. The predicted molar refractivity (Wildman–Crippen MR) is 83.6 cm³/mol. The van der Waals surface area contributed by atoms with E-state index in [1.165, 1.54) is 0 Å². The molecule has 0 radical (unpaired) electrons. The molecule has 0 fully saturated rings. The van der Waals surface area contributed by atoms with Gasteiger partial charge in [0.15, 0.2) is 0 Å². The minimum Gasteiger partial charge on any atom is -0.389 e. The van der Waals surface area contributed by atoms with Gasteiger partial charge in [0.25, 0.3) is 0 Å². The third-order valence-electron chi connectivity index (χ3n) is 3.27. The van der Waals surface area contributed by atoms with Gasteiger partial charge in [0.05, 0.1) is 29.7 Å². The zero-order valence-corrected chi connectivity index (χ0v) is 12.9. The van der Waals surface area contributed by atoms with E-state index in [1.54, 1.807) is 0 Å². The summed E-state index contributed by atoms with van der Waals surface area (Å²) in [5, 5.41) is 13.1. The maximum atomic E-state index is 11.7. The van der Waals surface area contributed by atoms with E-state index in [2.05, 4.69) is 5.32 Å². The molecule has 0 spiro atoms. The van der Waals surface area contributed by atoms with Crippen molar-refractivity contribution in [2.24, 2.45) is 0 Å². The molecule has 1 aliphatic rings. The van der Waals surface area contributed by atoms with Crippen molar-refractivity contribution in [1.82, 2.24) is 0 Å². The Hall–Kier alpha value is -1.59. The number of carbonyl (C=O) groups is 1. The van der Waals surface area contributed by atoms with E-state index in [-0.39, 0.29) is 18.1 Å². The molecular formula is C16H24N2O3. The predicted octanol–water partition coefficient (Wildman–Crippen LogP) is 2.01. The van der Waals surface area contributed by atoms with E-state index in [1.807, 2.05) is 49.9 Å². The summed E-state index contributed by atoms with van der Waals surface area (Å²) in [6.45, 7) is 7.21. The summed E-state index contributed by atoms with van der Waals surface area (Å²) >= 11 is 0. The number of aliphatic hydroxyl groups excluding tert-OH is 1. The second-order valence-corrected chi connectivity index (χ2v) is 6.34. The highest BCUT2D eigenvalue weighted by molar-refractivity contribution is 5.96. The van der Waals surface area contributed by atoms with Gasteiger partial charge in [-0.25, -0.2) is 0 Å². The number of nitrogens with zero attached hydrogens (tertiary/aromatic N) is 1. The highest BCUT2D eigenvalue weighted by Crippen LogP contribution is 2.28. The Morgan fingerprint density at radius 3 is 2.81 bits per heavy atom. The van der Waals surface area contributed by atoms with Crippen LogP contribution < -0.4 is 10.2 Å². The first-order valence-corrected chi connectivity index (χ1v) is 7.31. The number of benzene rings is 1. The van der Waals surface area contributed by atoms with Crippen LogP contribution in [0.5, 0.6) is 0 Å². The number of nitrogens with one attached hydrogen (secondary N) is 1. The molecule has 2 rings (SSSR count). The van der Waals surface area contributed by atoms with Crippen LogP contribution in [0.4, 0.5) is 11.4 Å². The lowest BCUT2D eigenvalue weighted by Gasteiger charge is -2.28. The molecule has 5 nitrogen and oxygen atoms in total. The number of amides is 1. The third-order valence-corrected chi connectivity index (χ3v) is 3.27. The van der Waals surface area contributed by atoms with Gasteiger partial charge in [-0.15, -0.1) is 0 Å². The molecule has 0 aromatic heterocycles. The fourth-order valence-electron chi connectivity index (χ4n) is 2.27. The zero-order valence-electron chi connectivity index (χ0n) is 12.9. The Morgan fingerprint density at radius 2 is 2.10 bits per heavy atom. The van der Waals surface area contributed by atoms with Crippen molar-refractivity contribution >= 4 is 17.3 Å². The summed E-state index contributed by atoms with van der Waals surface area (Å²) in [6.07, 6.45) is -0.174. The fraction of sp³-hybridized carbons (Fsp3) is 0.562. The van der Waals surface area contributed by atoms with Crippen LogP contribution in [0.15, 0.2) is 24.3 Å². The summed E-state index contributed by atoms with van der Waals surface area (Å²) in [7, 11) is 0. The monoisotopic (exact) mass is 292 g/mol. The largest absolute Gasteiger partial charge is 0.389 e. The molecule has 1 unspecified atom stereocenters. The van der Waals surface area contributed by atoms with Gasteiger partial charge < -0.3 is 20.1 Å². The average Bonchev–Trinajstić information content (AvgIpc) is 2.55. The maximum Gasteiger partial charge on any atom is 0.226 e. The van der Waals surface area contributed by atoms with Crippen LogP contribution in [0.3, 0.4) is 0 Å². The minimum absolute atomic E-state index is 0.00498. The summed E-state index contributed by atoms with van der Waals surface area (Å²) in [6, 6.07) is 7.66. The SMILES string of the molecule is CC(C)(C)OCC(O)CN1CCC(=O)Nc2ccccc21. The smallest absolute Gasteiger partial charge is 0.226 e. The standard InChI is InChI=1S/C16H24N2O3/c1-16(2,3)21-11-12(19)10-18-9-8-15(20)17-13-6-4-5-7-14(13)18/h4-7,12,19H,8-11H2,1-3H3,(H,17,20). The van der Waals surface area contributed by atoms with Gasteiger partial charge in [-0.3, -0.25) is 4.79 Å². The zero-order chi connectivity index (χ0) is 15.5. The van der Waals surface area contributed by atoms with Gasteiger partial charge >= 0.3 is 0 Å². The summed E-state index contributed by atoms with van der Waals surface area (Å²) < 4.78 is 5.61. The van der Waals surface area contributed by atoms with Gasteiger partial charge in [0.1, 0.15) is 0 Å². The van der Waals surface area contributed by atoms with Gasteiger partial charge in [0, 0.05) is 19.5 Å². The second-order valence-electron chi connectivity index (χ2n) is 6.34. The van der Waals surface area contributed by atoms with Crippen LogP contribution in [0, 0.1) is 0 Å². The Kier molecular flexibility index (Phi) is 4.85. The summed E-state index contributed by atoms with van der Waals surface area (Å²) in [5.74, 6) is 0.00498. The van der Waals surface area contributed by atoms with E-state index < -0.39 is 6.10 Å². The number of rotatable bonds is 4. The Labute approximate surface area is 125 Å².